The van der Waals surface area contributed by atoms with Gasteiger partial charge in [0.25, 0.3) is 11.6 Å². The molecule has 0 atom stereocenters. The highest BCUT2D eigenvalue weighted by molar-refractivity contribution is 5.95. The highest BCUT2D eigenvalue weighted by Gasteiger charge is 2.24. The van der Waals surface area contributed by atoms with Gasteiger partial charge in [-0.05, 0) is 35.3 Å². The van der Waals surface area contributed by atoms with Gasteiger partial charge in [0.15, 0.2) is 0 Å². The molecule has 7 heteroatoms. The summed E-state index contributed by atoms with van der Waals surface area (Å²) in [5.41, 5.74) is 2.43. The first-order valence-corrected chi connectivity index (χ1v) is 9.96. The maximum absolute atomic E-state index is 12.7. The number of nitro groups is 1. The van der Waals surface area contributed by atoms with Crippen LogP contribution in [0.15, 0.2) is 54.6 Å². The summed E-state index contributed by atoms with van der Waals surface area (Å²) in [6.07, 6.45) is 2.99. The molecule has 1 aliphatic heterocycles. The molecule has 7 nitrogen and oxygen atoms in total. The highest BCUT2D eigenvalue weighted by Crippen LogP contribution is 2.17. The average Bonchev–Trinajstić information content (AvgIpc) is 2.77. The van der Waals surface area contributed by atoms with Crippen molar-refractivity contribution in [2.75, 3.05) is 26.2 Å². The lowest BCUT2D eigenvalue weighted by Gasteiger charge is -2.34. The molecule has 3 rings (SSSR count). The third-order valence-corrected chi connectivity index (χ3v) is 5.20. The summed E-state index contributed by atoms with van der Waals surface area (Å²) in [4.78, 5) is 39.0. The minimum Gasteiger partial charge on any atom is -0.336 e. The van der Waals surface area contributed by atoms with Crippen molar-refractivity contribution >= 4 is 23.6 Å². The van der Waals surface area contributed by atoms with Gasteiger partial charge in [-0.1, -0.05) is 38.1 Å². The first-order valence-electron chi connectivity index (χ1n) is 9.96. The number of rotatable bonds is 5. The minimum absolute atomic E-state index is 0.0156. The Hall–Kier alpha value is -3.48. The monoisotopic (exact) mass is 407 g/mol. The molecule has 0 unspecified atom stereocenters. The minimum atomic E-state index is -0.466. The zero-order valence-electron chi connectivity index (χ0n) is 17.2. The highest BCUT2D eigenvalue weighted by atomic mass is 16.6. The molecule has 0 aliphatic carbocycles. The summed E-state index contributed by atoms with van der Waals surface area (Å²) in [6, 6.07) is 13.8. The maximum atomic E-state index is 12.7. The van der Waals surface area contributed by atoms with Crippen LogP contribution in [0.2, 0.25) is 0 Å². The Kier molecular flexibility index (Phi) is 6.61. The molecule has 1 fully saturated rings. The number of non-ortho nitro benzene ring substituents is 1. The molecule has 30 heavy (non-hydrogen) atoms. The molecule has 0 aromatic heterocycles. The van der Waals surface area contributed by atoms with Gasteiger partial charge in [0.05, 0.1) is 4.92 Å². The quantitative estimate of drug-likeness (QED) is 0.430. The van der Waals surface area contributed by atoms with Crippen LogP contribution in [-0.2, 0) is 4.79 Å². The summed E-state index contributed by atoms with van der Waals surface area (Å²) >= 11 is 0. The smallest absolute Gasteiger partial charge is 0.270 e. The van der Waals surface area contributed by atoms with Crippen LogP contribution in [0.5, 0.6) is 0 Å². The van der Waals surface area contributed by atoms with Crippen LogP contribution < -0.4 is 0 Å². The number of carbonyl (C=O) groups is 2. The van der Waals surface area contributed by atoms with Gasteiger partial charge < -0.3 is 9.80 Å². The summed E-state index contributed by atoms with van der Waals surface area (Å²) in [5.74, 6) is 0.221. The van der Waals surface area contributed by atoms with Crippen LogP contribution >= 0.6 is 0 Å². The molecule has 1 aliphatic rings. The van der Waals surface area contributed by atoms with Gasteiger partial charge in [0.2, 0.25) is 5.91 Å². The lowest BCUT2D eigenvalue weighted by molar-refractivity contribution is -0.384. The fraction of sp³-hybridized carbons (Fsp3) is 0.304. The Balaban J connectivity index is 1.55. The maximum Gasteiger partial charge on any atom is 0.270 e. The largest absolute Gasteiger partial charge is 0.336 e. The summed E-state index contributed by atoms with van der Waals surface area (Å²) < 4.78 is 0. The molecule has 0 bridgehead atoms. The van der Waals surface area contributed by atoms with Gasteiger partial charge in [-0.15, -0.1) is 0 Å². The van der Waals surface area contributed by atoms with E-state index in [4.69, 9.17) is 0 Å². The second-order valence-electron chi connectivity index (χ2n) is 7.58. The summed E-state index contributed by atoms with van der Waals surface area (Å²) in [5, 5.41) is 10.8. The van der Waals surface area contributed by atoms with E-state index in [2.05, 4.69) is 13.8 Å². The number of piperazine rings is 1. The number of amides is 2. The lowest BCUT2D eigenvalue weighted by atomic mass is 10.0. The molecule has 2 aromatic rings. The van der Waals surface area contributed by atoms with E-state index in [1.165, 1.54) is 23.8 Å². The molecule has 0 radical (unpaired) electrons. The zero-order valence-corrected chi connectivity index (χ0v) is 17.2. The van der Waals surface area contributed by atoms with Gasteiger partial charge in [-0.3, -0.25) is 19.7 Å². The van der Waals surface area contributed by atoms with Crippen molar-refractivity contribution in [1.29, 1.82) is 0 Å². The van der Waals surface area contributed by atoms with Gasteiger partial charge in [-0.2, -0.15) is 0 Å². The number of carbonyl (C=O) groups excluding carboxylic acids is 2. The van der Waals surface area contributed by atoms with E-state index in [9.17, 15) is 19.7 Å². The Labute approximate surface area is 175 Å². The van der Waals surface area contributed by atoms with Crippen LogP contribution in [-0.4, -0.2) is 52.7 Å². The second kappa shape index (κ2) is 9.35. The van der Waals surface area contributed by atoms with Crippen molar-refractivity contribution in [2.45, 2.75) is 19.8 Å². The van der Waals surface area contributed by atoms with Crippen LogP contribution in [0.4, 0.5) is 5.69 Å². The van der Waals surface area contributed by atoms with Gasteiger partial charge in [0, 0.05) is 50.0 Å². The molecular weight excluding hydrogens is 382 g/mol. The van der Waals surface area contributed by atoms with E-state index < -0.39 is 4.92 Å². The second-order valence-corrected chi connectivity index (χ2v) is 7.58. The van der Waals surface area contributed by atoms with Gasteiger partial charge >= 0.3 is 0 Å². The fourth-order valence-electron chi connectivity index (χ4n) is 3.34. The molecular formula is C23H25N3O4. The lowest BCUT2D eigenvalue weighted by Crippen LogP contribution is -2.50. The topological polar surface area (TPSA) is 83.8 Å². The molecule has 2 amide bonds. The van der Waals surface area contributed by atoms with E-state index in [0.717, 1.165) is 0 Å². The predicted octanol–water partition coefficient (Wildman–Crippen LogP) is 3.72. The van der Waals surface area contributed by atoms with Crippen LogP contribution in [0.25, 0.3) is 6.08 Å². The molecule has 1 saturated heterocycles. The number of hydrogen-bond acceptors (Lipinski definition) is 4. The molecule has 0 spiro atoms. The van der Waals surface area contributed by atoms with E-state index in [1.54, 1.807) is 28.0 Å². The normalized spacial score (nSPS) is 14.4. The Bertz CT molecular complexity index is 959. The van der Waals surface area contributed by atoms with Crippen LogP contribution in [0.1, 0.15) is 41.3 Å². The molecule has 156 valence electrons. The van der Waals surface area contributed by atoms with Crippen LogP contribution in [0.3, 0.4) is 0 Å². The zero-order chi connectivity index (χ0) is 21.7. The van der Waals surface area contributed by atoms with Crippen LogP contribution in [0, 0.1) is 10.1 Å². The summed E-state index contributed by atoms with van der Waals surface area (Å²) in [7, 11) is 0. The fourth-order valence-corrected chi connectivity index (χ4v) is 3.34. The number of nitrogens with zero attached hydrogens (tertiary/aromatic N) is 3. The molecule has 1 heterocycles. The first kappa shape index (κ1) is 21.2. The SMILES string of the molecule is CC(C)c1ccc(C(=O)N2CCN(C(=O)C=Cc3cccc([N+](=O)[O-])c3)CC2)cc1. The van der Waals surface area contributed by atoms with Crippen molar-refractivity contribution in [3.63, 3.8) is 0 Å². The Morgan fingerprint density at radius 1 is 1.00 bits per heavy atom. The van der Waals surface area contributed by atoms with Crippen molar-refractivity contribution in [2.24, 2.45) is 0 Å². The van der Waals surface area contributed by atoms with E-state index in [-0.39, 0.29) is 17.5 Å². The number of nitro benzene ring substituents is 1. The molecule has 0 saturated carbocycles. The Morgan fingerprint density at radius 2 is 1.63 bits per heavy atom. The number of benzene rings is 2. The molecule has 0 N–H and O–H groups in total. The molecule has 2 aromatic carbocycles. The standard InChI is InChI=1S/C23H25N3O4/c1-17(2)19-7-9-20(10-8-19)23(28)25-14-12-24(13-15-25)22(27)11-6-18-4-3-5-21(16-18)26(29)30/h3-11,16-17H,12-15H2,1-2H3. The van der Waals surface area contributed by atoms with Crippen molar-refractivity contribution in [3.8, 4) is 0 Å². The van der Waals surface area contributed by atoms with Crippen molar-refractivity contribution < 1.29 is 14.5 Å². The van der Waals surface area contributed by atoms with Gasteiger partial charge in [-0.25, -0.2) is 0 Å². The van der Waals surface area contributed by atoms with E-state index in [1.807, 2.05) is 24.3 Å². The first-order chi connectivity index (χ1) is 14.3. The van der Waals surface area contributed by atoms with Gasteiger partial charge in [0.1, 0.15) is 0 Å². The third kappa shape index (κ3) is 5.11. The average molecular weight is 407 g/mol. The van der Waals surface area contributed by atoms with E-state index >= 15 is 0 Å². The predicted molar refractivity (Wildman–Crippen MR) is 115 cm³/mol. The third-order valence-electron chi connectivity index (χ3n) is 5.20. The summed E-state index contributed by atoms with van der Waals surface area (Å²) in [6.45, 7) is 6.07. The van der Waals surface area contributed by atoms with Crippen molar-refractivity contribution in [3.05, 3.63) is 81.4 Å². The van der Waals surface area contributed by atoms with Crippen molar-refractivity contribution in [1.82, 2.24) is 9.80 Å². The Morgan fingerprint density at radius 3 is 2.23 bits per heavy atom. The van der Waals surface area contributed by atoms with E-state index in [0.29, 0.717) is 43.2 Å². The number of hydrogen-bond donors (Lipinski definition) is 0.